The van der Waals surface area contributed by atoms with Crippen LogP contribution in [0.5, 0.6) is 34.5 Å². The van der Waals surface area contributed by atoms with Crippen molar-refractivity contribution in [1.82, 2.24) is 0 Å². The van der Waals surface area contributed by atoms with Gasteiger partial charge in [-0.05, 0) is 50.0 Å². The molecule has 0 heterocycles. The van der Waals surface area contributed by atoms with Crippen LogP contribution in [0.2, 0.25) is 0 Å². The second kappa shape index (κ2) is 12.2. The molecule has 35 heavy (non-hydrogen) atoms. The number of hydrogen-bond donors (Lipinski definition) is 0. The Balaban J connectivity index is 2.08. The number of methoxy groups -OCH3 is 6. The fraction of sp³-hybridized carbons (Fsp3) is 0.393. The highest BCUT2D eigenvalue weighted by Gasteiger charge is 2.21. The van der Waals surface area contributed by atoms with E-state index in [9.17, 15) is 4.79 Å². The lowest BCUT2D eigenvalue weighted by atomic mass is 9.88. The zero-order valence-electron chi connectivity index (χ0n) is 21.4. The van der Waals surface area contributed by atoms with E-state index in [2.05, 4.69) is 0 Å². The molecule has 1 fully saturated rings. The molecule has 188 valence electrons. The van der Waals surface area contributed by atoms with Crippen molar-refractivity contribution in [1.29, 1.82) is 0 Å². The van der Waals surface area contributed by atoms with E-state index in [0.717, 1.165) is 41.5 Å². The minimum Gasteiger partial charge on any atom is -0.496 e. The summed E-state index contributed by atoms with van der Waals surface area (Å²) in [4.78, 5) is 13.7. The van der Waals surface area contributed by atoms with Crippen LogP contribution >= 0.6 is 0 Å². The molecule has 0 aromatic heterocycles. The molecule has 1 saturated carbocycles. The first-order valence-electron chi connectivity index (χ1n) is 11.5. The Labute approximate surface area is 207 Å². The first-order valence-corrected chi connectivity index (χ1v) is 11.5. The van der Waals surface area contributed by atoms with Gasteiger partial charge in [-0.2, -0.15) is 0 Å². The van der Waals surface area contributed by atoms with E-state index in [-0.39, 0.29) is 5.78 Å². The summed E-state index contributed by atoms with van der Waals surface area (Å²) in [7, 11) is 9.51. The van der Waals surface area contributed by atoms with E-state index >= 15 is 0 Å². The largest absolute Gasteiger partial charge is 0.496 e. The van der Waals surface area contributed by atoms with Crippen molar-refractivity contribution in [3.8, 4) is 34.5 Å². The first kappa shape index (κ1) is 26.0. The van der Waals surface area contributed by atoms with Crippen molar-refractivity contribution in [2.24, 2.45) is 0 Å². The molecule has 0 N–H and O–H groups in total. The maximum Gasteiger partial charge on any atom is 0.185 e. The maximum atomic E-state index is 13.7. The third-order valence-corrected chi connectivity index (χ3v) is 6.11. The quantitative estimate of drug-likeness (QED) is 0.444. The third-order valence-electron chi connectivity index (χ3n) is 6.11. The number of benzene rings is 2. The van der Waals surface area contributed by atoms with Gasteiger partial charge >= 0.3 is 0 Å². The van der Waals surface area contributed by atoms with Crippen LogP contribution in [0.25, 0.3) is 12.2 Å². The van der Waals surface area contributed by atoms with Crippen LogP contribution in [0.3, 0.4) is 0 Å². The van der Waals surface area contributed by atoms with E-state index in [1.165, 1.54) is 0 Å². The van der Waals surface area contributed by atoms with Crippen LogP contribution in [0, 0.1) is 0 Å². The number of hydrogen-bond acceptors (Lipinski definition) is 7. The second-order valence-electron chi connectivity index (χ2n) is 8.13. The standard InChI is InChI=1S/C28H34O7/c1-30-22-16-26(34-5)24(32-3)14-20(22)12-18-10-8-7-9-11-19(28(18)29)13-21-15-25(33-4)27(35-6)17-23(21)31-2/h12-17H,7-11H2,1-6H3/b18-12+,19-13+. The Morgan fingerprint density at radius 1 is 0.514 bits per heavy atom. The van der Waals surface area contributed by atoms with Crippen molar-refractivity contribution in [3.05, 3.63) is 46.5 Å². The molecular formula is C28H34O7. The predicted molar refractivity (Wildman–Crippen MR) is 136 cm³/mol. The highest BCUT2D eigenvalue weighted by molar-refractivity contribution is 6.13. The SMILES string of the molecule is COc1cc(OC)c(OC)cc1/C=C1\CCCCC/C(=C\c2cc(OC)c(OC)cc2OC)C1=O. The van der Waals surface area contributed by atoms with E-state index < -0.39 is 0 Å². The molecule has 0 spiro atoms. The summed E-state index contributed by atoms with van der Waals surface area (Å²) in [5, 5.41) is 0. The summed E-state index contributed by atoms with van der Waals surface area (Å²) >= 11 is 0. The van der Waals surface area contributed by atoms with Gasteiger partial charge in [-0.25, -0.2) is 0 Å². The highest BCUT2D eigenvalue weighted by atomic mass is 16.5. The number of carbonyl (C=O) groups is 1. The summed E-state index contributed by atoms with van der Waals surface area (Å²) in [5.74, 6) is 3.51. The van der Waals surface area contributed by atoms with Crippen LogP contribution in [0.15, 0.2) is 35.4 Å². The molecule has 1 aliphatic carbocycles. The molecule has 0 bridgehead atoms. The molecule has 2 aromatic rings. The van der Waals surface area contributed by atoms with Crippen LogP contribution in [0.4, 0.5) is 0 Å². The number of ether oxygens (including phenoxy) is 6. The summed E-state index contributed by atoms with van der Waals surface area (Å²) in [6, 6.07) is 7.20. The topological polar surface area (TPSA) is 72.5 Å². The molecule has 0 aliphatic heterocycles. The van der Waals surface area contributed by atoms with E-state index in [4.69, 9.17) is 28.4 Å². The Morgan fingerprint density at radius 2 is 0.857 bits per heavy atom. The van der Waals surface area contributed by atoms with Gasteiger partial charge in [0.15, 0.2) is 28.8 Å². The van der Waals surface area contributed by atoms with Gasteiger partial charge < -0.3 is 28.4 Å². The van der Waals surface area contributed by atoms with Crippen molar-refractivity contribution < 1.29 is 33.2 Å². The number of rotatable bonds is 8. The van der Waals surface area contributed by atoms with Crippen LogP contribution < -0.4 is 28.4 Å². The Morgan fingerprint density at radius 3 is 1.20 bits per heavy atom. The van der Waals surface area contributed by atoms with Gasteiger partial charge in [0.25, 0.3) is 0 Å². The number of Topliss-reactive ketones (excluding diaryl/α,β-unsaturated/α-hetero) is 1. The molecule has 0 atom stereocenters. The minimum atomic E-state index is 0.0124. The minimum absolute atomic E-state index is 0.0124. The molecule has 0 unspecified atom stereocenters. The van der Waals surface area contributed by atoms with Gasteiger partial charge in [-0.1, -0.05) is 6.42 Å². The van der Waals surface area contributed by atoms with Gasteiger partial charge in [0.1, 0.15) is 11.5 Å². The molecular weight excluding hydrogens is 448 g/mol. The van der Waals surface area contributed by atoms with E-state index in [0.29, 0.717) is 47.3 Å². The van der Waals surface area contributed by atoms with E-state index in [1.54, 1.807) is 54.8 Å². The summed E-state index contributed by atoms with van der Waals surface area (Å²) in [5.41, 5.74) is 2.97. The molecule has 0 radical (unpaired) electrons. The fourth-order valence-electron chi connectivity index (χ4n) is 4.22. The predicted octanol–water partition coefficient (Wildman–Crippen LogP) is 5.74. The molecule has 7 heteroatoms. The van der Waals surface area contributed by atoms with Gasteiger partial charge in [-0.15, -0.1) is 0 Å². The van der Waals surface area contributed by atoms with Crippen LogP contribution in [0.1, 0.15) is 43.2 Å². The lowest BCUT2D eigenvalue weighted by Gasteiger charge is -2.17. The van der Waals surface area contributed by atoms with Gasteiger partial charge in [0.2, 0.25) is 0 Å². The maximum absolute atomic E-state index is 13.7. The molecule has 2 aromatic carbocycles. The molecule has 1 aliphatic rings. The zero-order chi connectivity index (χ0) is 25.4. The van der Waals surface area contributed by atoms with Crippen molar-refractivity contribution in [2.75, 3.05) is 42.7 Å². The fourth-order valence-corrected chi connectivity index (χ4v) is 4.22. The number of ketones is 1. The zero-order valence-corrected chi connectivity index (χ0v) is 21.4. The van der Waals surface area contributed by atoms with Crippen molar-refractivity contribution in [3.63, 3.8) is 0 Å². The monoisotopic (exact) mass is 482 g/mol. The molecule has 7 nitrogen and oxygen atoms in total. The van der Waals surface area contributed by atoms with Crippen LogP contribution in [-0.2, 0) is 4.79 Å². The lowest BCUT2D eigenvalue weighted by molar-refractivity contribution is -0.112. The van der Waals surface area contributed by atoms with Gasteiger partial charge in [0.05, 0.1) is 42.7 Å². The van der Waals surface area contributed by atoms with Gasteiger partial charge in [-0.3, -0.25) is 4.79 Å². The van der Waals surface area contributed by atoms with Gasteiger partial charge in [0, 0.05) is 34.4 Å². The summed E-state index contributed by atoms with van der Waals surface area (Å²) in [6.07, 6.45) is 8.07. The number of allylic oxidation sites excluding steroid dienone is 2. The average Bonchev–Trinajstić information content (AvgIpc) is 2.89. The first-order chi connectivity index (χ1) is 17.0. The third kappa shape index (κ3) is 5.91. The Kier molecular flexibility index (Phi) is 9.06. The molecule has 0 amide bonds. The smallest absolute Gasteiger partial charge is 0.185 e. The Bertz CT molecular complexity index is 1030. The summed E-state index contributed by atoms with van der Waals surface area (Å²) in [6.45, 7) is 0. The summed E-state index contributed by atoms with van der Waals surface area (Å²) < 4.78 is 32.8. The van der Waals surface area contributed by atoms with Crippen molar-refractivity contribution in [2.45, 2.75) is 32.1 Å². The molecule has 0 saturated heterocycles. The van der Waals surface area contributed by atoms with Crippen molar-refractivity contribution >= 4 is 17.9 Å². The Hall–Kier alpha value is -3.61. The second-order valence-corrected chi connectivity index (χ2v) is 8.13. The average molecular weight is 483 g/mol. The van der Waals surface area contributed by atoms with E-state index in [1.807, 2.05) is 24.3 Å². The molecule has 3 rings (SSSR count). The normalized spacial score (nSPS) is 16.5. The highest BCUT2D eigenvalue weighted by Crippen LogP contribution is 2.38. The lowest BCUT2D eigenvalue weighted by Crippen LogP contribution is -2.10. The number of carbonyl (C=O) groups excluding carboxylic acids is 1. The van der Waals surface area contributed by atoms with Crippen LogP contribution in [-0.4, -0.2) is 48.4 Å².